The van der Waals surface area contributed by atoms with Crippen molar-refractivity contribution in [3.63, 3.8) is 0 Å². The molecule has 1 N–H and O–H groups in total. The van der Waals surface area contributed by atoms with Crippen molar-refractivity contribution in [1.82, 2.24) is 9.61 Å². The van der Waals surface area contributed by atoms with Crippen LogP contribution in [0.5, 0.6) is 0 Å². The summed E-state index contributed by atoms with van der Waals surface area (Å²) in [5, 5.41) is 8.40. The monoisotopic (exact) mass is 383 g/mol. The molecule has 0 aliphatic rings. The van der Waals surface area contributed by atoms with E-state index in [4.69, 9.17) is 11.6 Å². The molecule has 96 valence electrons. The number of hydrogen-bond donors (Lipinski definition) is 1. The lowest BCUT2D eigenvalue weighted by molar-refractivity contribution is 0.961. The summed E-state index contributed by atoms with van der Waals surface area (Å²) in [5.74, 6) is 0. The predicted octanol–water partition coefficient (Wildman–Crippen LogP) is 4.20. The number of halogens is 2. The molecule has 0 aliphatic heterocycles. The van der Waals surface area contributed by atoms with Gasteiger partial charge in [-0.05, 0) is 52.9 Å². The Kier molecular flexibility index (Phi) is 3.61. The minimum Gasteiger partial charge on any atom is -0.380 e. The second kappa shape index (κ2) is 5.38. The lowest BCUT2D eigenvalue weighted by Crippen LogP contribution is -1.99. The van der Waals surface area contributed by atoms with Gasteiger partial charge in [0.2, 0.25) is 0 Å². The smallest absolute Gasteiger partial charge is 0.0711 e. The zero-order valence-corrected chi connectivity index (χ0v) is 12.9. The van der Waals surface area contributed by atoms with Crippen molar-refractivity contribution < 1.29 is 0 Å². The first kappa shape index (κ1) is 12.7. The van der Waals surface area contributed by atoms with Crippen molar-refractivity contribution in [1.29, 1.82) is 0 Å². The molecule has 0 unspecified atom stereocenters. The van der Waals surface area contributed by atoms with Gasteiger partial charge in [-0.15, -0.1) is 0 Å². The molecule has 0 saturated heterocycles. The molecule has 5 heteroatoms. The van der Waals surface area contributed by atoms with Crippen LogP contribution in [0.1, 0.15) is 5.56 Å². The number of hydrogen-bond acceptors (Lipinski definition) is 2. The number of pyridine rings is 1. The molecule has 0 fully saturated rings. The third kappa shape index (κ3) is 2.69. The van der Waals surface area contributed by atoms with Gasteiger partial charge in [-0.25, -0.2) is 4.52 Å². The highest BCUT2D eigenvalue weighted by molar-refractivity contribution is 14.1. The van der Waals surface area contributed by atoms with Crippen LogP contribution in [0, 0.1) is 3.57 Å². The molecule has 0 amide bonds. The Morgan fingerprint density at radius 2 is 2.16 bits per heavy atom. The summed E-state index contributed by atoms with van der Waals surface area (Å²) < 4.78 is 3.00. The molecule has 0 saturated carbocycles. The summed E-state index contributed by atoms with van der Waals surface area (Å²) in [5.41, 5.74) is 3.20. The summed E-state index contributed by atoms with van der Waals surface area (Å²) in [6.07, 6.45) is 3.82. The maximum Gasteiger partial charge on any atom is 0.0711 e. The summed E-state index contributed by atoms with van der Waals surface area (Å²) >= 11 is 8.45. The van der Waals surface area contributed by atoms with Crippen LogP contribution >= 0.6 is 34.2 Å². The standard InChI is InChI=1S/C14H11ClIN3/c15-12-7-11(16)4-5-13(12)17-8-10-9-18-19-6-2-1-3-14(10)19/h1-7,9,17H,8H2. The van der Waals surface area contributed by atoms with Crippen LogP contribution < -0.4 is 5.32 Å². The molecule has 0 aliphatic carbocycles. The Balaban J connectivity index is 1.82. The Labute approximate surface area is 129 Å². The van der Waals surface area contributed by atoms with E-state index in [1.807, 2.05) is 47.2 Å². The predicted molar refractivity (Wildman–Crippen MR) is 86.7 cm³/mol. The molecule has 0 atom stereocenters. The highest BCUT2D eigenvalue weighted by atomic mass is 127. The average Bonchev–Trinajstić information content (AvgIpc) is 2.81. The number of benzene rings is 1. The highest BCUT2D eigenvalue weighted by Gasteiger charge is 2.05. The normalized spacial score (nSPS) is 10.8. The van der Waals surface area contributed by atoms with Crippen LogP contribution in [0.15, 0.2) is 48.8 Å². The fourth-order valence-electron chi connectivity index (χ4n) is 1.95. The first-order valence-electron chi connectivity index (χ1n) is 5.84. The zero-order chi connectivity index (χ0) is 13.2. The molecule has 1 aromatic carbocycles. The molecule has 2 heterocycles. The lowest BCUT2D eigenvalue weighted by Gasteiger charge is -2.07. The molecule has 0 radical (unpaired) electrons. The van der Waals surface area contributed by atoms with E-state index in [-0.39, 0.29) is 0 Å². The lowest BCUT2D eigenvalue weighted by atomic mass is 10.2. The molecule has 19 heavy (non-hydrogen) atoms. The van der Waals surface area contributed by atoms with E-state index in [0.717, 1.165) is 25.4 Å². The van der Waals surface area contributed by atoms with Gasteiger partial charge in [0.05, 0.1) is 22.4 Å². The van der Waals surface area contributed by atoms with Gasteiger partial charge in [0.15, 0.2) is 0 Å². The van der Waals surface area contributed by atoms with Crippen LogP contribution in [0.25, 0.3) is 5.52 Å². The summed E-state index contributed by atoms with van der Waals surface area (Å²) in [7, 11) is 0. The van der Waals surface area contributed by atoms with E-state index in [9.17, 15) is 0 Å². The number of aromatic nitrogens is 2. The molecule has 0 bridgehead atoms. The van der Waals surface area contributed by atoms with Crippen molar-refractivity contribution in [2.45, 2.75) is 6.54 Å². The van der Waals surface area contributed by atoms with E-state index in [1.54, 1.807) is 0 Å². The fourth-order valence-corrected chi connectivity index (χ4v) is 2.87. The van der Waals surface area contributed by atoms with Crippen molar-refractivity contribution in [2.24, 2.45) is 0 Å². The summed E-state index contributed by atoms with van der Waals surface area (Å²) in [6, 6.07) is 12.0. The van der Waals surface area contributed by atoms with E-state index < -0.39 is 0 Å². The van der Waals surface area contributed by atoms with Crippen LogP contribution in [-0.2, 0) is 6.54 Å². The van der Waals surface area contributed by atoms with Crippen molar-refractivity contribution in [2.75, 3.05) is 5.32 Å². The minimum atomic E-state index is 0.702. The number of nitrogens with one attached hydrogen (secondary N) is 1. The van der Waals surface area contributed by atoms with Crippen LogP contribution in [-0.4, -0.2) is 9.61 Å². The van der Waals surface area contributed by atoms with Gasteiger partial charge in [-0.2, -0.15) is 5.10 Å². The minimum absolute atomic E-state index is 0.702. The summed E-state index contributed by atoms with van der Waals surface area (Å²) in [4.78, 5) is 0. The first-order valence-corrected chi connectivity index (χ1v) is 7.30. The molecular weight excluding hydrogens is 373 g/mol. The van der Waals surface area contributed by atoms with E-state index >= 15 is 0 Å². The number of anilines is 1. The van der Waals surface area contributed by atoms with Crippen molar-refractivity contribution in [3.05, 3.63) is 62.9 Å². The van der Waals surface area contributed by atoms with Crippen molar-refractivity contribution in [3.8, 4) is 0 Å². The van der Waals surface area contributed by atoms with Gasteiger partial charge in [0.1, 0.15) is 0 Å². The van der Waals surface area contributed by atoms with Crippen LogP contribution in [0.2, 0.25) is 5.02 Å². The van der Waals surface area contributed by atoms with Gasteiger partial charge < -0.3 is 5.32 Å². The third-order valence-electron chi connectivity index (χ3n) is 2.91. The Morgan fingerprint density at radius 3 is 3.00 bits per heavy atom. The first-order chi connectivity index (χ1) is 9.24. The highest BCUT2D eigenvalue weighted by Crippen LogP contribution is 2.24. The van der Waals surface area contributed by atoms with E-state index in [2.05, 4.69) is 39.1 Å². The Hall–Kier alpha value is -1.27. The fraction of sp³-hybridized carbons (Fsp3) is 0.0714. The van der Waals surface area contributed by atoms with Crippen molar-refractivity contribution >= 4 is 45.4 Å². The van der Waals surface area contributed by atoms with Crippen LogP contribution in [0.3, 0.4) is 0 Å². The molecule has 2 aromatic heterocycles. The van der Waals surface area contributed by atoms with Gasteiger partial charge >= 0.3 is 0 Å². The molecule has 3 nitrogen and oxygen atoms in total. The van der Waals surface area contributed by atoms with E-state index in [0.29, 0.717) is 6.54 Å². The number of nitrogens with zero attached hydrogens (tertiary/aromatic N) is 2. The largest absolute Gasteiger partial charge is 0.380 e. The topological polar surface area (TPSA) is 29.3 Å². The molecular formula is C14H11ClIN3. The summed E-state index contributed by atoms with van der Waals surface area (Å²) in [6.45, 7) is 0.702. The van der Waals surface area contributed by atoms with E-state index in [1.165, 1.54) is 0 Å². The number of fused-ring (bicyclic) bond motifs is 1. The average molecular weight is 384 g/mol. The Bertz CT molecular complexity index is 724. The van der Waals surface area contributed by atoms with Gasteiger partial charge in [0.25, 0.3) is 0 Å². The van der Waals surface area contributed by atoms with Crippen LogP contribution in [0.4, 0.5) is 5.69 Å². The SMILES string of the molecule is Clc1cc(I)ccc1NCc1cnn2ccccc12. The maximum atomic E-state index is 6.20. The quantitative estimate of drug-likeness (QED) is 0.687. The second-order valence-electron chi connectivity index (χ2n) is 4.18. The zero-order valence-electron chi connectivity index (χ0n) is 9.98. The molecule has 0 spiro atoms. The van der Waals surface area contributed by atoms with Gasteiger partial charge in [-0.1, -0.05) is 17.7 Å². The Morgan fingerprint density at radius 1 is 1.26 bits per heavy atom. The second-order valence-corrected chi connectivity index (χ2v) is 5.83. The third-order valence-corrected chi connectivity index (χ3v) is 3.89. The number of rotatable bonds is 3. The van der Waals surface area contributed by atoms with Gasteiger partial charge in [0, 0.05) is 21.9 Å². The maximum absolute atomic E-state index is 6.20. The van der Waals surface area contributed by atoms with Gasteiger partial charge in [-0.3, -0.25) is 0 Å². The molecule has 3 rings (SSSR count). The molecule has 3 aromatic rings.